The molecule has 0 saturated heterocycles. The Morgan fingerprint density at radius 1 is 1.50 bits per heavy atom. The average molecular weight is 250 g/mol. The van der Waals surface area contributed by atoms with Gasteiger partial charge < -0.3 is 9.84 Å². The molecule has 0 bridgehead atoms. The van der Waals surface area contributed by atoms with Crippen LogP contribution in [0.15, 0.2) is 30.6 Å². The maximum absolute atomic E-state index is 13.5. The standard InChI is InChI=1S/C13H15FN2O2/c1-16-8-9(7-15-16)5-12(17)10-3-4-13(18-2)11(14)6-10/h3-4,6-8,12,17H,5H2,1-2H3. The van der Waals surface area contributed by atoms with E-state index in [2.05, 4.69) is 5.10 Å². The van der Waals surface area contributed by atoms with Crippen LogP contribution in [-0.4, -0.2) is 22.0 Å². The van der Waals surface area contributed by atoms with Gasteiger partial charge in [-0.2, -0.15) is 5.10 Å². The van der Waals surface area contributed by atoms with Crippen molar-refractivity contribution in [2.75, 3.05) is 7.11 Å². The SMILES string of the molecule is COc1ccc(C(O)Cc2cnn(C)c2)cc1F. The number of aliphatic hydroxyl groups is 1. The average Bonchev–Trinajstić information content (AvgIpc) is 2.74. The molecule has 1 aromatic heterocycles. The Morgan fingerprint density at radius 3 is 2.83 bits per heavy atom. The van der Waals surface area contributed by atoms with Crippen molar-refractivity contribution in [3.8, 4) is 5.75 Å². The molecular formula is C13H15FN2O2. The minimum absolute atomic E-state index is 0.173. The first-order valence-electron chi connectivity index (χ1n) is 5.59. The quantitative estimate of drug-likeness (QED) is 0.900. The van der Waals surface area contributed by atoms with Gasteiger partial charge in [0.15, 0.2) is 11.6 Å². The second kappa shape index (κ2) is 5.18. The highest BCUT2D eigenvalue weighted by molar-refractivity contribution is 5.31. The Morgan fingerprint density at radius 2 is 2.28 bits per heavy atom. The van der Waals surface area contributed by atoms with Crippen LogP contribution >= 0.6 is 0 Å². The molecule has 96 valence electrons. The topological polar surface area (TPSA) is 47.3 Å². The lowest BCUT2D eigenvalue weighted by Crippen LogP contribution is -2.02. The lowest BCUT2D eigenvalue weighted by Gasteiger charge is -2.11. The molecule has 2 rings (SSSR count). The Bertz CT molecular complexity index is 540. The number of methoxy groups -OCH3 is 1. The minimum atomic E-state index is -0.755. The van der Waals surface area contributed by atoms with Crippen LogP contribution < -0.4 is 4.74 Å². The van der Waals surface area contributed by atoms with Gasteiger partial charge in [0, 0.05) is 19.7 Å². The fourth-order valence-electron chi connectivity index (χ4n) is 1.81. The van der Waals surface area contributed by atoms with Gasteiger partial charge in [0.1, 0.15) is 0 Å². The number of aromatic nitrogens is 2. The van der Waals surface area contributed by atoms with E-state index in [0.717, 1.165) is 5.56 Å². The number of aliphatic hydroxyl groups excluding tert-OH is 1. The lowest BCUT2D eigenvalue weighted by molar-refractivity contribution is 0.178. The number of nitrogens with zero attached hydrogens (tertiary/aromatic N) is 2. The fourth-order valence-corrected chi connectivity index (χ4v) is 1.81. The number of benzene rings is 1. The zero-order chi connectivity index (χ0) is 13.1. The third-order valence-electron chi connectivity index (χ3n) is 2.75. The lowest BCUT2D eigenvalue weighted by atomic mass is 10.0. The number of aryl methyl sites for hydroxylation is 1. The molecule has 0 aliphatic rings. The van der Waals surface area contributed by atoms with E-state index in [-0.39, 0.29) is 5.75 Å². The van der Waals surface area contributed by atoms with Crippen LogP contribution in [0.3, 0.4) is 0 Å². The molecule has 0 aliphatic heterocycles. The molecular weight excluding hydrogens is 235 g/mol. The molecule has 0 amide bonds. The number of halogens is 1. The van der Waals surface area contributed by atoms with E-state index in [1.807, 2.05) is 13.2 Å². The smallest absolute Gasteiger partial charge is 0.165 e. The summed E-state index contributed by atoms with van der Waals surface area (Å²) in [7, 11) is 3.22. The van der Waals surface area contributed by atoms with Crippen molar-refractivity contribution in [3.63, 3.8) is 0 Å². The predicted molar refractivity (Wildman–Crippen MR) is 64.8 cm³/mol. The van der Waals surface area contributed by atoms with Crippen molar-refractivity contribution in [1.82, 2.24) is 9.78 Å². The second-order valence-electron chi connectivity index (χ2n) is 4.14. The summed E-state index contributed by atoms with van der Waals surface area (Å²) in [5.74, 6) is -0.299. The van der Waals surface area contributed by atoms with Crippen molar-refractivity contribution in [3.05, 3.63) is 47.5 Å². The highest BCUT2D eigenvalue weighted by Crippen LogP contribution is 2.23. The van der Waals surface area contributed by atoms with Gasteiger partial charge in [-0.15, -0.1) is 0 Å². The summed E-state index contributed by atoms with van der Waals surface area (Å²) in [6.45, 7) is 0. The molecule has 5 heteroatoms. The third kappa shape index (κ3) is 2.68. The van der Waals surface area contributed by atoms with Crippen LogP contribution in [0.2, 0.25) is 0 Å². The molecule has 1 atom stereocenters. The van der Waals surface area contributed by atoms with E-state index in [0.29, 0.717) is 12.0 Å². The van der Waals surface area contributed by atoms with E-state index >= 15 is 0 Å². The fraction of sp³-hybridized carbons (Fsp3) is 0.308. The van der Waals surface area contributed by atoms with Crippen LogP contribution in [0.25, 0.3) is 0 Å². The monoisotopic (exact) mass is 250 g/mol. The van der Waals surface area contributed by atoms with Gasteiger partial charge in [-0.05, 0) is 23.3 Å². The normalized spacial score (nSPS) is 12.4. The minimum Gasteiger partial charge on any atom is -0.494 e. The maximum Gasteiger partial charge on any atom is 0.165 e. The van der Waals surface area contributed by atoms with Crippen LogP contribution in [-0.2, 0) is 13.5 Å². The van der Waals surface area contributed by atoms with E-state index < -0.39 is 11.9 Å². The summed E-state index contributed by atoms with van der Waals surface area (Å²) >= 11 is 0. The van der Waals surface area contributed by atoms with Gasteiger partial charge in [-0.3, -0.25) is 4.68 Å². The maximum atomic E-state index is 13.5. The molecule has 0 radical (unpaired) electrons. The van der Waals surface area contributed by atoms with Crippen LogP contribution in [0.4, 0.5) is 4.39 Å². The molecule has 1 N–H and O–H groups in total. The summed E-state index contributed by atoms with van der Waals surface area (Å²) in [5.41, 5.74) is 1.43. The molecule has 2 aromatic rings. The molecule has 1 heterocycles. The number of hydrogen-bond donors (Lipinski definition) is 1. The second-order valence-corrected chi connectivity index (χ2v) is 4.14. The summed E-state index contributed by atoms with van der Waals surface area (Å²) in [5, 5.41) is 14.0. The van der Waals surface area contributed by atoms with Crippen molar-refractivity contribution < 1.29 is 14.2 Å². The third-order valence-corrected chi connectivity index (χ3v) is 2.75. The van der Waals surface area contributed by atoms with Gasteiger partial charge in [0.05, 0.1) is 19.4 Å². The molecule has 0 saturated carbocycles. The van der Waals surface area contributed by atoms with E-state index in [1.54, 1.807) is 16.9 Å². The molecule has 1 unspecified atom stereocenters. The first-order chi connectivity index (χ1) is 8.60. The van der Waals surface area contributed by atoms with Crippen molar-refractivity contribution in [2.45, 2.75) is 12.5 Å². The summed E-state index contributed by atoms with van der Waals surface area (Å²) < 4.78 is 20.0. The molecule has 4 nitrogen and oxygen atoms in total. The Hall–Kier alpha value is -1.88. The van der Waals surface area contributed by atoms with Crippen molar-refractivity contribution in [2.24, 2.45) is 7.05 Å². The van der Waals surface area contributed by atoms with Gasteiger partial charge >= 0.3 is 0 Å². The van der Waals surface area contributed by atoms with E-state index in [1.165, 1.54) is 19.2 Å². The van der Waals surface area contributed by atoms with Gasteiger partial charge in [0.25, 0.3) is 0 Å². The number of hydrogen-bond acceptors (Lipinski definition) is 3. The van der Waals surface area contributed by atoms with E-state index in [9.17, 15) is 9.50 Å². The molecule has 0 spiro atoms. The van der Waals surface area contributed by atoms with Crippen molar-refractivity contribution >= 4 is 0 Å². The summed E-state index contributed by atoms with van der Waals surface area (Å²) in [6, 6.07) is 4.46. The van der Waals surface area contributed by atoms with Gasteiger partial charge in [-0.1, -0.05) is 6.07 Å². The van der Waals surface area contributed by atoms with E-state index in [4.69, 9.17) is 4.74 Å². The van der Waals surface area contributed by atoms with Crippen LogP contribution in [0, 0.1) is 5.82 Å². The Kier molecular flexibility index (Phi) is 3.62. The van der Waals surface area contributed by atoms with Crippen LogP contribution in [0.1, 0.15) is 17.2 Å². The molecule has 0 fully saturated rings. The predicted octanol–water partition coefficient (Wildman–Crippen LogP) is 1.84. The van der Waals surface area contributed by atoms with Crippen LogP contribution in [0.5, 0.6) is 5.75 Å². The summed E-state index contributed by atoms with van der Waals surface area (Å²) in [4.78, 5) is 0. The van der Waals surface area contributed by atoms with Gasteiger partial charge in [-0.25, -0.2) is 4.39 Å². The highest BCUT2D eigenvalue weighted by atomic mass is 19.1. The summed E-state index contributed by atoms with van der Waals surface area (Å²) in [6.07, 6.45) is 3.15. The molecule has 1 aromatic carbocycles. The molecule has 18 heavy (non-hydrogen) atoms. The molecule has 0 aliphatic carbocycles. The van der Waals surface area contributed by atoms with Crippen molar-refractivity contribution in [1.29, 1.82) is 0 Å². The zero-order valence-electron chi connectivity index (χ0n) is 10.3. The Balaban J connectivity index is 2.13. The first-order valence-corrected chi connectivity index (χ1v) is 5.59. The Labute approximate surface area is 105 Å². The highest BCUT2D eigenvalue weighted by Gasteiger charge is 2.12. The van der Waals surface area contributed by atoms with Gasteiger partial charge in [0.2, 0.25) is 0 Å². The number of ether oxygens (including phenoxy) is 1. The number of rotatable bonds is 4. The largest absolute Gasteiger partial charge is 0.494 e. The zero-order valence-corrected chi connectivity index (χ0v) is 10.3. The first kappa shape index (κ1) is 12.6.